The summed E-state index contributed by atoms with van der Waals surface area (Å²) in [5, 5.41) is 10.4. The molecule has 5 aromatic rings. The van der Waals surface area contributed by atoms with Gasteiger partial charge in [-0.3, -0.25) is 24.1 Å². The first kappa shape index (κ1) is 23.4. The molecule has 0 radical (unpaired) electrons. The smallest absolute Gasteiger partial charge is 0.293 e. The molecule has 36 heavy (non-hydrogen) atoms. The predicted octanol–water partition coefficient (Wildman–Crippen LogP) is 5.57. The van der Waals surface area contributed by atoms with Gasteiger partial charge in [0.2, 0.25) is 0 Å². The molecule has 5 rings (SSSR count). The molecule has 0 saturated carbocycles. The Kier molecular flexibility index (Phi) is 5.48. The first-order chi connectivity index (χ1) is 17.1. The number of imidazole rings is 1. The van der Waals surface area contributed by atoms with Crippen molar-refractivity contribution in [2.24, 2.45) is 7.05 Å². The van der Waals surface area contributed by atoms with Crippen molar-refractivity contribution >= 4 is 21.9 Å². The van der Waals surface area contributed by atoms with E-state index in [0.29, 0.717) is 5.92 Å². The maximum atomic E-state index is 13.5. The Bertz CT molecular complexity index is 1750. The molecular formula is C29H28N6O. The Morgan fingerprint density at radius 1 is 1.03 bits per heavy atom. The summed E-state index contributed by atoms with van der Waals surface area (Å²) >= 11 is 0. The minimum absolute atomic E-state index is 0.147. The van der Waals surface area contributed by atoms with Crippen LogP contribution in [-0.4, -0.2) is 24.1 Å². The van der Waals surface area contributed by atoms with Gasteiger partial charge in [0.15, 0.2) is 0 Å². The standard InChI is InChI=1S/C29H28N6O/c1-17(2)23-9-10-25(18(3)33-23)35-27-22-12-19(20-11-21(14-31-13-20)29(4,5)16-30)7-8-24(22)32-15-26(27)34(6)28(35)36/h7-15,17H,1-6H3. The second-order valence-corrected chi connectivity index (χ2v) is 10.1. The lowest BCUT2D eigenvalue weighted by Crippen LogP contribution is -2.22. The Hall–Kier alpha value is -4.31. The van der Waals surface area contributed by atoms with Gasteiger partial charge in [-0.25, -0.2) is 4.79 Å². The van der Waals surface area contributed by atoms with Gasteiger partial charge in [0.1, 0.15) is 0 Å². The van der Waals surface area contributed by atoms with Crippen LogP contribution in [-0.2, 0) is 12.5 Å². The molecule has 1 aromatic carbocycles. The molecule has 0 N–H and O–H groups in total. The molecule has 7 nitrogen and oxygen atoms in total. The second-order valence-electron chi connectivity index (χ2n) is 10.1. The van der Waals surface area contributed by atoms with Gasteiger partial charge in [0.05, 0.1) is 45.6 Å². The van der Waals surface area contributed by atoms with Crippen molar-refractivity contribution in [1.82, 2.24) is 24.1 Å². The lowest BCUT2D eigenvalue weighted by atomic mass is 9.86. The summed E-state index contributed by atoms with van der Waals surface area (Å²) in [4.78, 5) is 27.3. The van der Waals surface area contributed by atoms with E-state index in [9.17, 15) is 10.1 Å². The normalized spacial score (nSPS) is 11.9. The van der Waals surface area contributed by atoms with Gasteiger partial charge in [-0.1, -0.05) is 19.9 Å². The quantitative estimate of drug-likeness (QED) is 0.338. The van der Waals surface area contributed by atoms with E-state index in [2.05, 4.69) is 29.9 Å². The van der Waals surface area contributed by atoms with E-state index in [1.165, 1.54) is 0 Å². The van der Waals surface area contributed by atoms with Crippen LogP contribution in [0.1, 0.15) is 50.6 Å². The molecule has 0 atom stereocenters. The Morgan fingerprint density at radius 2 is 1.81 bits per heavy atom. The van der Waals surface area contributed by atoms with Crippen LogP contribution in [0.5, 0.6) is 0 Å². The fraction of sp³-hybridized carbons (Fsp3) is 0.276. The molecular weight excluding hydrogens is 448 g/mol. The Labute approximate surface area is 209 Å². The van der Waals surface area contributed by atoms with Crippen LogP contribution in [0.15, 0.2) is 59.8 Å². The predicted molar refractivity (Wildman–Crippen MR) is 142 cm³/mol. The topological polar surface area (TPSA) is 89.4 Å². The van der Waals surface area contributed by atoms with Crippen LogP contribution in [0.25, 0.3) is 38.8 Å². The van der Waals surface area contributed by atoms with Gasteiger partial charge >= 0.3 is 5.69 Å². The molecule has 0 spiro atoms. The van der Waals surface area contributed by atoms with Crippen molar-refractivity contribution in [1.29, 1.82) is 5.26 Å². The number of nitriles is 1. The third-order valence-electron chi connectivity index (χ3n) is 6.87. The highest BCUT2D eigenvalue weighted by Gasteiger charge is 2.22. The molecule has 0 aliphatic heterocycles. The monoisotopic (exact) mass is 476 g/mol. The summed E-state index contributed by atoms with van der Waals surface area (Å²) in [6.45, 7) is 9.91. The molecule has 7 heteroatoms. The number of hydrogen-bond acceptors (Lipinski definition) is 5. The van der Waals surface area contributed by atoms with Crippen molar-refractivity contribution in [2.75, 3.05) is 0 Å². The van der Waals surface area contributed by atoms with Crippen molar-refractivity contribution in [2.45, 2.75) is 46.0 Å². The highest BCUT2D eigenvalue weighted by molar-refractivity contribution is 6.04. The Morgan fingerprint density at radius 3 is 2.50 bits per heavy atom. The number of nitrogens with zero attached hydrogens (tertiary/aromatic N) is 6. The number of fused-ring (bicyclic) bond motifs is 3. The summed E-state index contributed by atoms with van der Waals surface area (Å²) < 4.78 is 3.37. The Balaban J connectivity index is 1.79. The van der Waals surface area contributed by atoms with E-state index in [-0.39, 0.29) is 5.69 Å². The zero-order valence-corrected chi connectivity index (χ0v) is 21.4. The van der Waals surface area contributed by atoms with Crippen LogP contribution in [0.4, 0.5) is 0 Å². The van der Waals surface area contributed by atoms with Gasteiger partial charge in [0.25, 0.3) is 0 Å². The fourth-order valence-electron chi connectivity index (χ4n) is 4.54. The third kappa shape index (κ3) is 3.66. The molecule has 0 aliphatic carbocycles. The molecule has 4 aromatic heterocycles. The lowest BCUT2D eigenvalue weighted by Gasteiger charge is -2.16. The highest BCUT2D eigenvalue weighted by atomic mass is 16.1. The molecule has 4 heterocycles. The molecule has 180 valence electrons. The SMILES string of the molecule is Cc1nc(C(C)C)ccc1-n1c(=O)n(C)c2cnc3ccc(-c4cncc(C(C)(C)C#N)c4)cc3c21. The van der Waals surface area contributed by atoms with E-state index >= 15 is 0 Å². The van der Waals surface area contributed by atoms with E-state index in [1.54, 1.807) is 34.8 Å². The molecule has 0 bridgehead atoms. The summed E-state index contributed by atoms with van der Waals surface area (Å²) in [7, 11) is 1.77. The van der Waals surface area contributed by atoms with Crippen molar-refractivity contribution in [3.05, 3.63) is 82.4 Å². The minimum Gasteiger partial charge on any atom is -0.293 e. The molecule has 0 saturated heterocycles. The molecule has 0 amide bonds. The highest BCUT2D eigenvalue weighted by Crippen LogP contribution is 2.32. The van der Waals surface area contributed by atoms with Crippen molar-refractivity contribution < 1.29 is 0 Å². The van der Waals surface area contributed by atoms with E-state index < -0.39 is 5.41 Å². The molecule has 0 unspecified atom stereocenters. The number of aromatic nitrogens is 5. The summed E-state index contributed by atoms with van der Waals surface area (Å²) in [5.41, 5.74) is 6.76. The number of benzene rings is 1. The van der Waals surface area contributed by atoms with E-state index in [4.69, 9.17) is 4.98 Å². The maximum Gasteiger partial charge on any atom is 0.333 e. The van der Waals surface area contributed by atoms with Gasteiger partial charge in [-0.05, 0) is 68.1 Å². The summed E-state index contributed by atoms with van der Waals surface area (Å²) in [6.07, 6.45) is 5.28. The average molecular weight is 477 g/mol. The number of pyridine rings is 3. The largest absolute Gasteiger partial charge is 0.333 e. The third-order valence-corrected chi connectivity index (χ3v) is 6.87. The summed E-state index contributed by atoms with van der Waals surface area (Å²) in [6, 6.07) is 14.3. The van der Waals surface area contributed by atoms with Gasteiger partial charge < -0.3 is 0 Å². The molecule has 0 fully saturated rings. The van der Waals surface area contributed by atoms with E-state index in [1.807, 2.05) is 57.2 Å². The number of hydrogen-bond donors (Lipinski definition) is 0. The van der Waals surface area contributed by atoms with Crippen LogP contribution >= 0.6 is 0 Å². The van der Waals surface area contributed by atoms with Crippen LogP contribution in [0.3, 0.4) is 0 Å². The lowest BCUT2D eigenvalue weighted by molar-refractivity contribution is 0.683. The minimum atomic E-state index is -0.652. The average Bonchev–Trinajstić information content (AvgIpc) is 3.13. The fourth-order valence-corrected chi connectivity index (χ4v) is 4.54. The van der Waals surface area contributed by atoms with Crippen molar-refractivity contribution in [3.63, 3.8) is 0 Å². The van der Waals surface area contributed by atoms with Gasteiger partial charge in [-0.2, -0.15) is 5.26 Å². The van der Waals surface area contributed by atoms with Crippen LogP contribution < -0.4 is 5.69 Å². The van der Waals surface area contributed by atoms with Gasteiger partial charge in [0, 0.05) is 36.1 Å². The first-order valence-electron chi connectivity index (χ1n) is 12.0. The van der Waals surface area contributed by atoms with Crippen LogP contribution in [0, 0.1) is 18.3 Å². The second kappa shape index (κ2) is 8.42. The number of rotatable bonds is 4. The summed E-state index contributed by atoms with van der Waals surface area (Å²) in [5.74, 6) is 0.296. The maximum absolute atomic E-state index is 13.5. The van der Waals surface area contributed by atoms with E-state index in [0.717, 1.165) is 55.7 Å². The number of aryl methyl sites for hydroxylation is 2. The zero-order chi connectivity index (χ0) is 25.8. The first-order valence-corrected chi connectivity index (χ1v) is 12.0. The van der Waals surface area contributed by atoms with Crippen LogP contribution in [0.2, 0.25) is 0 Å². The van der Waals surface area contributed by atoms with Gasteiger partial charge in [-0.15, -0.1) is 0 Å². The molecule has 0 aliphatic rings. The zero-order valence-electron chi connectivity index (χ0n) is 21.4. The van der Waals surface area contributed by atoms with Crippen molar-refractivity contribution in [3.8, 4) is 22.9 Å².